The molecule has 110 valence electrons. The number of rotatable bonds is 6. The van der Waals surface area contributed by atoms with E-state index < -0.39 is 18.6 Å². The van der Waals surface area contributed by atoms with Gasteiger partial charge in [0.05, 0.1) is 0 Å². The van der Waals surface area contributed by atoms with Gasteiger partial charge in [0.25, 0.3) is 0 Å². The van der Waals surface area contributed by atoms with Gasteiger partial charge >= 0.3 is 13.1 Å². The largest absolute Gasteiger partial charge is 0.480 e. The van der Waals surface area contributed by atoms with Gasteiger partial charge in [0.15, 0.2) is 0 Å². The van der Waals surface area contributed by atoms with E-state index in [-0.39, 0.29) is 18.2 Å². The molecule has 6 nitrogen and oxygen atoms in total. The second-order valence-corrected chi connectivity index (χ2v) is 6.01. The molecule has 0 amide bonds. The van der Waals surface area contributed by atoms with Crippen molar-refractivity contribution in [2.75, 3.05) is 20.6 Å². The average molecular weight is 272 g/mol. The molecule has 0 aromatic heterocycles. The molecular formula is C12H25BN2O4. The number of nitrogens with two attached hydrogens (primary N) is 1. The SMILES string of the molecule is CN(C)CC1CCC(CCB(O)O)C[C@]1(N)C(=O)O. The number of hydrogen-bond acceptors (Lipinski definition) is 5. The Kier molecular flexibility index (Phi) is 5.79. The molecular weight excluding hydrogens is 247 g/mol. The number of carboxylic acids is 1. The molecule has 0 aromatic carbocycles. The van der Waals surface area contributed by atoms with Crippen molar-refractivity contribution >= 4 is 13.1 Å². The highest BCUT2D eigenvalue weighted by molar-refractivity contribution is 6.40. The fourth-order valence-corrected chi connectivity index (χ4v) is 3.03. The minimum Gasteiger partial charge on any atom is -0.480 e. The number of nitrogens with zero attached hydrogens (tertiary/aromatic N) is 1. The molecule has 2 unspecified atom stereocenters. The van der Waals surface area contributed by atoms with E-state index in [9.17, 15) is 9.90 Å². The standard InChI is InChI=1S/C12H25BN2O4/c1-15(2)8-10-4-3-9(5-6-13(18)19)7-12(10,14)11(16)17/h9-10,18-19H,3-8,14H2,1-2H3,(H,16,17)/t9?,10?,12-/m1/s1. The van der Waals surface area contributed by atoms with E-state index in [0.29, 0.717) is 19.4 Å². The quantitative estimate of drug-likeness (QED) is 0.490. The molecule has 3 atom stereocenters. The third-order valence-corrected chi connectivity index (χ3v) is 4.10. The maximum Gasteiger partial charge on any atom is 0.451 e. The van der Waals surface area contributed by atoms with Gasteiger partial charge < -0.3 is 25.8 Å². The van der Waals surface area contributed by atoms with E-state index >= 15 is 0 Å². The molecule has 0 saturated heterocycles. The molecule has 19 heavy (non-hydrogen) atoms. The zero-order chi connectivity index (χ0) is 14.6. The van der Waals surface area contributed by atoms with E-state index in [1.165, 1.54) is 0 Å². The molecule has 0 aromatic rings. The summed E-state index contributed by atoms with van der Waals surface area (Å²) < 4.78 is 0. The van der Waals surface area contributed by atoms with Gasteiger partial charge in [-0.05, 0) is 45.6 Å². The van der Waals surface area contributed by atoms with Gasteiger partial charge in [0.1, 0.15) is 5.54 Å². The van der Waals surface area contributed by atoms with Gasteiger partial charge in [-0.15, -0.1) is 0 Å². The first kappa shape index (κ1) is 16.4. The Morgan fingerprint density at radius 2 is 2.05 bits per heavy atom. The van der Waals surface area contributed by atoms with Gasteiger partial charge in [-0.2, -0.15) is 0 Å². The molecule has 7 heteroatoms. The predicted molar refractivity (Wildman–Crippen MR) is 73.6 cm³/mol. The number of carboxylic acid groups (broad SMARTS) is 1. The molecule has 1 fully saturated rings. The second kappa shape index (κ2) is 6.70. The summed E-state index contributed by atoms with van der Waals surface area (Å²) in [6, 6.07) is 0. The molecule has 0 bridgehead atoms. The Morgan fingerprint density at radius 3 is 2.53 bits per heavy atom. The van der Waals surface area contributed by atoms with Crippen molar-refractivity contribution in [3.8, 4) is 0 Å². The summed E-state index contributed by atoms with van der Waals surface area (Å²) in [5.74, 6) is -0.856. The maximum atomic E-state index is 11.5. The topological polar surface area (TPSA) is 107 Å². The van der Waals surface area contributed by atoms with Crippen molar-refractivity contribution in [2.24, 2.45) is 17.6 Å². The summed E-state index contributed by atoms with van der Waals surface area (Å²) in [6.07, 6.45) is 2.97. The van der Waals surface area contributed by atoms with Crippen LogP contribution in [0.5, 0.6) is 0 Å². The lowest BCUT2D eigenvalue weighted by Gasteiger charge is -2.42. The van der Waals surface area contributed by atoms with Crippen molar-refractivity contribution in [2.45, 2.75) is 37.5 Å². The van der Waals surface area contributed by atoms with Crippen molar-refractivity contribution in [3.63, 3.8) is 0 Å². The van der Waals surface area contributed by atoms with Gasteiger partial charge in [-0.1, -0.05) is 6.42 Å². The molecule has 1 saturated carbocycles. The van der Waals surface area contributed by atoms with Crippen LogP contribution in [0, 0.1) is 11.8 Å². The maximum absolute atomic E-state index is 11.5. The van der Waals surface area contributed by atoms with Crippen LogP contribution in [0.15, 0.2) is 0 Å². The summed E-state index contributed by atoms with van der Waals surface area (Å²) in [7, 11) is 2.50. The van der Waals surface area contributed by atoms with Crippen LogP contribution >= 0.6 is 0 Å². The van der Waals surface area contributed by atoms with Crippen LogP contribution in [0.2, 0.25) is 6.32 Å². The molecule has 1 aliphatic rings. The highest BCUT2D eigenvalue weighted by Gasteiger charge is 2.46. The summed E-state index contributed by atoms with van der Waals surface area (Å²) in [4.78, 5) is 13.5. The van der Waals surface area contributed by atoms with Crippen LogP contribution < -0.4 is 5.73 Å². The molecule has 1 aliphatic carbocycles. The van der Waals surface area contributed by atoms with Crippen molar-refractivity contribution < 1.29 is 19.9 Å². The molecule has 0 spiro atoms. The fraction of sp³-hybridized carbons (Fsp3) is 0.917. The molecule has 0 aliphatic heterocycles. The Labute approximate surface area is 114 Å². The van der Waals surface area contributed by atoms with E-state index in [1.807, 2.05) is 19.0 Å². The average Bonchev–Trinajstić information content (AvgIpc) is 2.29. The molecule has 5 N–H and O–H groups in total. The van der Waals surface area contributed by atoms with Gasteiger partial charge in [-0.3, -0.25) is 4.79 Å². The predicted octanol–water partition coefficient (Wildman–Crippen LogP) is -0.391. The molecule has 0 heterocycles. The zero-order valence-corrected chi connectivity index (χ0v) is 11.7. The van der Waals surface area contributed by atoms with E-state index in [2.05, 4.69) is 0 Å². The van der Waals surface area contributed by atoms with Crippen molar-refractivity contribution in [1.29, 1.82) is 0 Å². The van der Waals surface area contributed by atoms with E-state index in [0.717, 1.165) is 12.8 Å². The summed E-state index contributed by atoms with van der Waals surface area (Å²) >= 11 is 0. The number of hydrogen-bond donors (Lipinski definition) is 4. The van der Waals surface area contributed by atoms with E-state index in [4.69, 9.17) is 15.8 Å². The Balaban J connectivity index is 2.69. The molecule has 1 rings (SSSR count). The van der Waals surface area contributed by atoms with E-state index in [1.54, 1.807) is 0 Å². The van der Waals surface area contributed by atoms with Crippen LogP contribution in [0.1, 0.15) is 25.7 Å². The van der Waals surface area contributed by atoms with Crippen molar-refractivity contribution in [1.82, 2.24) is 4.90 Å². The summed E-state index contributed by atoms with van der Waals surface area (Å²) in [6.45, 7) is 0.665. The lowest BCUT2D eigenvalue weighted by Crippen LogP contribution is -2.59. The highest BCUT2D eigenvalue weighted by Crippen LogP contribution is 2.38. The van der Waals surface area contributed by atoms with Crippen LogP contribution in [0.25, 0.3) is 0 Å². The van der Waals surface area contributed by atoms with Gasteiger partial charge in [-0.25, -0.2) is 0 Å². The Hall–Kier alpha value is -0.625. The third-order valence-electron chi connectivity index (χ3n) is 4.10. The summed E-state index contributed by atoms with van der Waals surface area (Å²) in [5, 5.41) is 27.2. The lowest BCUT2D eigenvalue weighted by atomic mass is 9.66. The first-order chi connectivity index (χ1) is 8.75. The Morgan fingerprint density at radius 1 is 1.42 bits per heavy atom. The van der Waals surface area contributed by atoms with Crippen molar-refractivity contribution in [3.05, 3.63) is 0 Å². The zero-order valence-electron chi connectivity index (χ0n) is 11.7. The third kappa shape index (κ3) is 4.45. The highest BCUT2D eigenvalue weighted by atomic mass is 16.4. The normalized spacial score (nSPS) is 31.5. The summed E-state index contributed by atoms with van der Waals surface area (Å²) in [5.41, 5.74) is 4.94. The minimum atomic E-state index is -1.32. The van der Waals surface area contributed by atoms with Gasteiger partial charge in [0.2, 0.25) is 0 Å². The second-order valence-electron chi connectivity index (χ2n) is 6.01. The number of carbonyl (C=O) groups is 1. The minimum absolute atomic E-state index is 0.0599. The van der Waals surface area contributed by atoms with Crippen LogP contribution in [-0.4, -0.2) is 59.3 Å². The fourth-order valence-electron chi connectivity index (χ4n) is 3.03. The number of aliphatic carboxylic acids is 1. The van der Waals surface area contributed by atoms with Crippen LogP contribution in [0.3, 0.4) is 0 Å². The van der Waals surface area contributed by atoms with Gasteiger partial charge in [0, 0.05) is 12.5 Å². The Bertz CT molecular complexity index is 314. The monoisotopic (exact) mass is 272 g/mol. The van der Waals surface area contributed by atoms with Crippen LogP contribution in [-0.2, 0) is 4.79 Å². The van der Waals surface area contributed by atoms with Crippen LogP contribution in [0.4, 0.5) is 0 Å². The first-order valence-electron chi connectivity index (χ1n) is 6.79. The lowest BCUT2D eigenvalue weighted by molar-refractivity contribution is -0.148. The molecule has 0 radical (unpaired) electrons. The first-order valence-corrected chi connectivity index (χ1v) is 6.79. The smallest absolute Gasteiger partial charge is 0.451 e.